The molecule has 6 rings (SSSR count). The summed E-state index contributed by atoms with van der Waals surface area (Å²) in [7, 11) is 0. The topological polar surface area (TPSA) is 109 Å². The molecule has 0 radical (unpaired) electrons. The van der Waals surface area contributed by atoms with Crippen LogP contribution in [0.25, 0.3) is 56.0 Å². The number of hydrogen-bond acceptors (Lipinski definition) is 6. The van der Waals surface area contributed by atoms with Crippen molar-refractivity contribution in [3.63, 3.8) is 0 Å². The first-order valence-corrected chi connectivity index (χ1v) is 9.58. The van der Waals surface area contributed by atoms with Crippen molar-refractivity contribution in [3.8, 4) is 33.9 Å². The summed E-state index contributed by atoms with van der Waals surface area (Å²) in [4.78, 5) is 24.1. The molecule has 0 aliphatic heterocycles. The minimum atomic E-state index is -0.562. The highest BCUT2D eigenvalue weighted by molar-refractivity contribution is 5.97. The van der Waals surface area contributed by atoms with Gasteiger partial charge in [-0.2, -0.15) is 5.10 Å². The van der Waals surface area contributed by atoms with Gasteiger partial charge in [0.15, 0.2) is 17.3 Å². The van der Waals surface area contributed by atoms with Gasteiger partial charge in [0.1, 0.15) is 23.5 Å². The summed E-state index contributed by atoms with van der Waals surface area (Å²) >= 11 is 0. The first-order valence-electron chi connectivity index (χ1n) is 9.58. The molecular formula is C22H12F2N8. The Hall–Kier alpha value is -4.60. The van der Waals surface area contributed by atoms with Crippen LogP contribution in [0, 0.1) is 11.6 Å². The van der Waals surface area contributed by atoms with E-state index < -0.39 is 5.82 Å². The molecular weight excluding hydrogens is 414 g/mol. The summed E-state index contributed by atoms with van der Waals surface area (Å²) in [6.07, 6.45) is 7.46. The Morgan fingerprint density at radius 2 is 1.62 bits per heavy atom. The van der Waals surface area contributed by atoms with Crippen molar-refractivity contribution in [2.24, 2.45) is 0 Å². The maximum atomic E-state index is 15.5. The van der Waals surface area contributed by atoms with E-state index in [1.165, 1.54) is 37.1 Å². The number of H-pyrrole nitrogens is 2. The van der Waals surface area contributed by atoms with Gasteiger partial charge in [0.25, 0.3) is 0 Å². The fraction of sp³-hybridized carbons (Fsp3) is 0. The second-order valence-corrected chi connectivity index (χ2v) is 7.06. The number of pyridine rings is 2. The van der Waals surface area contributed by atoms with Crippen LogP contribution in [0.15, 0.2) is 61.4 Å². The molecule has 0 aliphatic carbocycles. The molecule has 0 unspecified atom stereocenters. The molecule has 10 heteroatoms. The highest BCUT2D eigenvalue weighted by Crippen LogP contribution is 2.33. The number of nitrogens with zero attached hydrogens (tertiary/aromatic N) is 6. The number of halogens is 2. The van der Waals surface area contributed by atoms with Crippen LogP contribution in [0.3, 0.4) is 0 Å². The summed E-state index contributed by atoms with van der Waals surface area (Å²) in [6, 6.07) is 7.93. The number of aromatic amines is 2. The van der Waals surface area contributed by atoms with Crippen LogP contribution in [0.1, 0.15) is 0 Å². The van der Waals surface area contributed by atoms with Crippen LogP contribution >= 0.6 is 0 Å². The van der Waals surface area contributed by atoms with Crippen LogP contribution < -0.4 is 0 Å². The van der Waals surface area contributed by atoms with Gasteiger partial charge in [0.05, 0.1) is 22.6 Å². The standard InChI is InChI=1S/C22H12F2N8/c23-13-3-1-11(2-4-13)14-5-6-27-21-19(14)29-22(30-21)20-16-15(31-32-20)9-28-18(17(16)24)12-7-25-10-26-8-12/h1-10H,(H,31,32)(H,27,29,30). The molecule has 2 N–H and O–H groups in total. The summed E-state index contributed by atoms with van der Waals surface area (Å²) in [6.45, 7) is 0. The molecule has 0 bridgehead atoms. The predicted molar refractivity (Wildman–Crippen MR) is 113 cm³/mol. The average molecular weight is 426 g/mol. The third-order valence-corrected chi connectivity index (χ3v) is 5.15. The molecule has 0 saturated heterocycles. The predicted octanol–water partition coefficient (Wildman–Crippen LogP) is 4.30. The van der Waals surface area contributed by atoms with Crippen molar-refractivity contribution < 1.29 is 8.78 Å². The van der Waals surface area contributed by atoms with E-state index in [4.69, 9.17) is 0 Å². The third kappa shape index (κ3) is 2.81. The first kappa shape index (κ1) is 18.2. The van der Waals surface area contributed by atoms with E-state index in [2.05, 4.69) is 40.1 Å². The summed E-state index contributed by atoms with van der Waals surface area (Å²) in [5.41, 5.74) is 3.93. The normalized spacial score (nSPS) is 11.4. The van der Waals surface area contributed by atoms with E-state index in [-0.39, 0.29) is 16.9 Å². The van der Waals surface area contributed by atoms with Crippen LogP contribution in [0.2, 0.25) is 0 Å². The minimum Gasteiger partial charge on any atom is -0.335 e. The first-order chi connectivity index (χ1) is 15.7. The zero-order valence-corrected chi connectivity index (χ0v) is 16.2. The van der Waals surface area contributed by atoms with Crippen LogP contribution in [0.5, 0.6) is 0 Å². The van der Waals surface area contributed by atoms with E-state index in [0.717, 1.165) is 11.1 Å². The number of benzene rings is 1. The number of aromatic nitrogens is 8. The average Bonchev–Trinajstić information content (AvgIpc) is 3.45. The lowest BCUT2D eigenvalue weighted by Crippen LogP contribution is -1.93. The van der Waals surface area contributed by atoms with Crippen molar-refractivity contribution in [1.82, 2.24) is 40.1 Å². The molecule has 5 aromatic heterocycles. The number of imidazole rings is 1. The Morgan fingerprint density at radius 3 is 2.44 bits per heavy atom. The van der Waals surface area contributed by atoms with Gasteiger partial charge in [0, 0.05) is 29.7 Å². The fourth-order valence-electron chi connectivity index (χ4n) is 3.66. The maximum Gasteiger partial charge on any atom is 0.178 e. The smallest absolute Gasteiger partial charge is 0.178 e. The number of fused-ring (bicyclic) bond motifs is 2. The van der Waals surface area contributed by atoms with Gasteiger partial charge >= 0.3 is 0 Å². The number of rotatable bonds is 3. The van der Waals surface area contributed by atoms with Gasteiger partial charge in [-0.3, -0.25) is 10.1 Å². The van der Waals surface area contributed by atoms with E-state index in [9.17, 15) is 4.39 Å². The van der Waals surface area contributed by atoms with Crippen molar-refractivity contribution in [2.75, 3.05) is 0 Å². The van der Waals surface area contributed by atoms with Crippen molar-refractivity contribution in [1.29, 1.82) is 0 Å². The zero-order chi connectivity index (χ0) is 21.7. The Kier molecular flexibility index (Phi) is 3.97. The summed E-state index contributed by atoms with van der Waals surface area (Å²) < 4.78 is 28.9. The molecule has 32 heavy (non-hydrogen) atoms. The van der Waals surface area contributed by atoms with Crippen molar-refractivity contribution in [2.45, 2.75) is 0 Å². The van der Waals surface area contributed by atoms with E-state index in [0.29, 0.717) is 33.8 Å². The molecule has 1 aromatic carbocycles. The molecule has 154 valence electrons. The number of nitrogens with one attached hydrogen (secondary N) is 2. The monoisotopic (exact) mass is 426 g/mol. The molecule has 8 nitrogen and oxygen atoms in total. The molecule has 0 saturated carbocycles. The van der Waals surface area contributed by atoms with Gasteiger partial charge in [-0.1, -0.05) is 12.1 Å². The molecule has 0 spiro atoms. The van der Waals surface area contributed by atoms with Crippen molar-refractivity contribution in [3.05, 3.63) is 73.1 Å². The Bertz CT molecular complexity index is 1590. The largest absolute Gasteiger partial charge is 0.335 e. The van der Waals surface area contributed by atoms with Crippen LogP contribution in [-0.4, -0.2) is 40.1 Å². The fourth-order valence-corrected chi connectivity index (χ4v) is 3.66. The highest BCUT2D eigenvalue weighted by atomic mass is 19.1. The van der Waals surface area contributed by atoms with E-state index in [1.54, 1.807) is 24.4 Å². The van der Waals surface area contributed by atoms with Gasteiger partial charge < -0.3 is 4.98 Å². The molecule has 6 aromatic rings. The molecule has 5 heterocycles. The molecule has 0 atom stereocenters. The quantitative estimate of drug-likeness (QED) is 0.437. The van der Waals surface area contributed by atoms with Crippen LogP contribution in [-0.2, 0) is 0 Å². The van der Waals surface area contributed by atoms with Gasteiger partial charge in [0.2, 0.25) is 0 Å². The lowest BCUT2D eigenvalue weighted by Gasteiger charge is -2.03. The second-order valence-electron chi connectivity index (χ2n) is 7.06. The number of hydrogen-bond donors (Lipinski definition) is 2. The van der Waals surface area contributed by atoms with E-state index in [1.807, 2.05) is 0 Å². The van der Waals surface area contributed by atoms with E-state index >= 15 is 4.39 Å². The lowest BCUT2D eigenvalue weighted by atomic mass is 10.1. The highest BCUT2D eigenvalue weighted by Gasteiger charge is 2.21. The minimum absolute atomic E-state index is 0.113. The SMILES string of the molecule is Fc1ccc(-c2ccnc3nc(-c4n[nH]c5cnc(-c6cncnc6)c(F)c45)[nH]c23)cc1. The lowest BCUT2D eigenvalue weighted by molar-refractivity contribution is 0.628. The Labute approximate surface area is 178 Å². The summed E-state index contributed by atoms with van der Waals surface area (Å²) in [5, 5.41) is 7.30. The summed E-state index contributed by atoms with van der Waals surface area (Å²) in [5.74, 6) is -0.544. The molecule has 0 aliphatic rings. The molecule has 0 amide bonds. The van der Waals surface area contributed by atoms with Gasteiger partial charge in [-0.15, -0.1) is 0 Å². The second kappa shape index (κ2) is 6.98. The Balaban J connectivity index is 1.54. The van der Waals surface area contributed by atoms with Crippen LogP contribution in [0.4, 0.5) is 8.78 Å². The Morgan fingerprint density at radius 1 is 0.812 bits per heavy atom. The van der Waals surface area contributed by atoms with Gasteiger partial charge in [-0.25, -0.2) is 28.7 Å². The molecule has 0 fully saturated rings. The zero-order valence-electron chi connectivity index (χ0n) is 16.2. The third-order valence-electron chi connectivity index (χ3n) is 5.15. The van der Waals surface area contributed by atoms with Gasteiger partial charge in [-0.05, 0) is 23.8 Å². The van der Waals surface area contributed by atoms with Crippen molar-refractivity contribution >= 4 is 22.1 Å². The maximum absolute atomic E-state index is 15.5.